The summed E-state index contributed by atoms with van der Waals surface area (Å²) in [5, 5.41) is 2.90. The maximum atomic E-state index is 12.5. The van der Waals surface area contributed by atoms with Crippen LogP contribution in [0.4, 0.5) is 0 Å². The maximum Gasteiger partial charge on any atom is 0.249 e. The molecule has 0 aromatic carbocycles. The molecule has 0 radical (unpaired) electrons. The van der Waals surface area contributed by atoms with Gasteiger partial charge in [0.05, 0.1) is 25.0 Å². The smallest absolute Gasteiger partial charge is 0.249 e. The third-order valence-electron chi connectivity index (χ3n) is 4.51. The lowest BCUT2D eigenvalue weighted by Gasteiger charge is -2.23. The van der Waals surface area contributed by atoms with Crippen molar-refractivity contribution in [2.75, 3.05) is 19.8 Å². The van der Waals surface area contributed by atoms with Crippen molar-refractivity contribution in [2.24, 2.45) is 35.0 Å². The van der Waals surface area contributed by atoms with Crippen LogP contribution >= 0.6 is 0 Å². The largest absolute Gasteiger partial charge is 0.356 e. The van der Waals surface area contributed by atoms with E-state index in [1.807, 2.05) is 41.5 Å². The Morgan fingerprint density at radius 2 is 1.21 bits per heavy atom. The Hall–Kier alpha value is -1.67. The van der Waals surface area contributed by atoms with Gasteiger partial charge < -0.3 is 5.32 Å². The molecule has 0 heterocycles. The molecule has 0 aromatic rings. The van der Waals surface area contributed by atoms with E-state index in [4.69, 9.17) is 9.68 Å². The minimum Gasteiger partial charge on any atom is -0.356 e. The number of hydrogen-bond acceptors (Lipinski definition) is 5. The second-order valence-electron chi connectivity index (χ2n) is 9.61. The van der Waals surface area contributed by atoms with Gasteiger partial charge in [-0.1, -0.05) is 62.3 Å². The fourth-order valence-corrected chi connectivity index (χ4v) is 2.21. The predicted molar refractivity (Wildman–Crippen MR) is 112 cm³/mol. The van der Waals surface area contributed by atoms with Crippen LogP contribution in [-0.4, -0.2) is 37.5 Å². The average Bonchev–Trinajstić information content (AvgIpc) is 2.58. The van der Waals surface area contributed by atoms with Crippen LogP contribution in [0.1, 0.15) is 62.3 Å². The van der Waals surface area contributed by atoms with Crippen LogP contribution in [0.3, 0.4) is 0 Å². The third kappa shape index (κ3) is 11.2. The summed E-state index contributed by atoms with van der Waals surface area (Å²) >= 11 is 0. The van der Waals surface area contributed by atoms with Gasteiger partial charge in [-0.3, -0.25) is 24.1 Å². The van der Waals surface area contributed by atoms with Crippen molar-refractivity contribution in [3.8, 4) is 0 Å². The van der Waals surface area contributed by atoms with Crippen LogP contribution in [0.25, 0.3) is 0 Å². The highest BCUT2D eigenvalue weighted by atomic mass is 16.7. The minimum atomic E-state index is -0.583. The van der Waals surface area contributed by atoms with E-state index >= 15 is 0 Å². The van der Waals surface area contributed by atoms with E-state index in [0.29, 0.717) is 12.5 Å². The zero-order chi connectivity index (χ0) is 22.8. The molecule has 2 unspecified atom stereocenters. The van der Waals surface area contributed by atoms with Crippen molar-refractivity contribution in [3.05, 3.63) is 0 Å². The van der Waals surface area contributed by atoms with Crippen molar-refractivity contribution in [1.82, 2.24) is 16.3 Å². The van der Waals surface area contributed by atoms with Gasteiger partial charge in [0, 0.05) is 12.0 Å². The first kappa shape index (κ1) is 27.3. The number of nitrogens with one attached hydrogen (secondary N) is 3. The molecule has 2 atom stereocenters. The van der Waals surface area contributed by atoms with Gasteiger partial charge in [0.15, 0.2) is 0 Å². The van der Waals surface area contributed by atoms with Crippen LogP contribution in [0.15, 0.2) is 0 Å². The molecule has 0 saturated heterocycles. The first-order valence-electron chi connectivity index (χ1n) is 10.4. The summed E-state index contributed by atoms with van der Waals surface area (Å²) in [7, 11) is 0. The quantitative estimate of drug-likeness (QED) is 0.425. The lowest BCUT2D eigenvalue weighted by Crippen LogP contribution is -2.43. The molecule has 0 aliphatic rings. The lowest BCUT2D eigenvalue weighted by atomic mass is 9.95. The monoisotopic (exact) mass is 415 g/mol. The molecule has 0 bridgehead atoms. The van der Waals surface area contributed by atoms with E-state index in [0.717, 1.165) is 0 Å². The number of hydroxylamine groups is 2. The first-order chi connectivity index (χ1) is 13.3. The summed E-state index contributed by atoms with van der Waals surface area (Å²) < 4.78 is 0. The Bertz CT molecular complexity index is 527. The van der Waals surface area contributed by atoms with Crippen molar-refractivity contribution >= 4 is 17.7 Å². The molecule has 0 rings (SSSR count). The fraction of sp³-hybridized carbons (Fsp3) is 0.857. The summed E-state index contributed by atoms with van der Waals surface area (Å²) in [6, 6.07) is 0. The molecule has 0 saturated carbocycles. The van der Waals surface area contributed by atoms with Gasteiger partial charge in [-0.25, -0.2) is 11.0 Å². The molecular formula is C21H41N3O5. The topological polar surface area (TPSA) is 106 Å². The second kappa shape index (κ2) is 12.8. The Kier molecular flexibility index (Phi) is 12.1. The van der Waals surface area contributed by atoms with Gasteiger partial charge in [0.1, 0.15) is 0 Å². The Labute approximate surface area is 175 Å². The van der Waals surface area contributed by atoms with Gasteiger partial charge in [0.2, 0.25) is 17.7 Å². The van der Waals surface area contributed by atoms with E-state index in [1.54, 1.807) is 20.8 Å². The number of amides is 3. The summed E-state index contributed by atoms with van der Waals surface area (Å²) in [5.74, 6) is -1.18. The lowest BCUT2D eigenvalue weighted by molar-refractivity contribution is -0.152. The second-order valence-corrected chi connectivity index (χ2v) is 9.61. The van der Waals surface area contributed by atoms with Crippen molar-refractivity contribution in [1.29, 1.82) is 0 Å². The predicted octanol–water partition coefficient (Wildman–Crippen LogP) is 2.44. The summed E-state index contributed by atoms with van der Waals surface area (Å²) in [6.45, 7) is 17.7. The minimum absolute atomic E-state index is 0.0250. The van der Waals surface area contributed by atoms with E-state index in [-0.39, 0.29) is 48.7 Å². The fourth-order valence-electron chi connectivity index (χ4n) is 2.21. The highest BCUT2D eigenvalue weighted by Crippen LogP contribution is 2.15. The zero-order valence-electron chi connectivity index (χ0n) is 19.5. The van der Waals surface area contributed by atoms with Crippen LogP contribution in [0, 0.1) is 35.0 Å². The third-order valence-corrected chi connectivity index (χ3v) is 4.51. The Balaban J connectivity index is 4.59. The SMILES string of the molecule is CC(C)CNC(=O)C(CONC(=O)C(CONC(=O)C(C)(C)C)C(C)C)C(C)C. The summed E-state index contributed by atoms with van der Waals surface area (Å²) in [6.07, 6.45) is 0. The van der Waals surface area contributed by atoms with E-state index in [2.05, 4.69) is 16.3 Å². The first-order valence-corrected chi connectivity index (χ1v) is 10.4. The van der Waals surface area contributed by atoms with Crippen molar-refractivity contribution in [2.45, 2.75) is 62.3 Å². The van der Waals surface area contributed by atoms with Gasteiger partial charge >= 0.3 is 0 Å². The molecular weight excluding hydrogens is 374 g/mol. The molecule has 29 heavy (non-hydrogen) atoms. The van der Waals surface area contributed by atoms with Crippen molar-refractivity contribution in [3.63, 3.8) is 0 Å². The molecule has 0 aliphatic carbocycles. The van der Waals surface area contributed by atoms with Gasteiger partial charge in [-0.15, -0.1) is 0 Å². The molecule has 0 fully saturated rings. The molecule has 0 spiro atoms. The normalized spacial score (nSPS) is 14.1. The highest BCUT2D eigenvalue weighted by Gasteiger charge is 2.27. The molecule has 3 N–H and O–H groups in total. The summed E-state index contributed by atoms with van der Waals surface area (Å²) in [4.78, 5) is 47.3. The van der Waals surface area contributed by atoms with E-state index < -0.39 is 11.3 Å². The van der Waals surface area contributed by atoms with Crippen LogP contribution in [0.5, 0.6) is 0 Å². The molecule has 8 nitrogen and oxygen atoms in total. The molecule has 0 aromatic heterocycles. The highest BCUT2D eigenvalue weighted by molar-refractivity contribution is 5.80. The number of carbonyl (C=O) groups excluding carboxylic acids is 3. The average molecular weight is 416 g/mol. The standard InChI is InChI=1S/C21H41N3O5/c1-13(2)10-22-18(25)16(14(3)4)11-28-23-19(26)17(15(5)6)12-29-24-20(27)21(7,8)9/h13-17H,10-12H2,1-9H3,(H,22,25)(H,23,26)(H,24,27). The number of rotatable bonds is 12. The molecule has 3 amide bonds. The van der Waals surface area contributed by atoms with Gasteiger partial charge in [-0.05, 0) is 17.8 Å². The van der Waals surface area contributed by atoms with Gasteiger partial charge in [-0.2, -0.15) is 0 Å². The van der Waals surface area contributed by atoms with Gasteiger partial charge in [0.25, 0.3) is 0 Å². The van der Waals surface area contributed by atoms with Crippen LogP contribution in [0.2, 0.25) is 0 Å². The zero-order valence-corrected chi connectivity index (χ0v) is 19.5. The van der Waals surface area contributed by atoms with E-state index in [1.165, 1.54) is 0 Å². The van der Waals surface area contributed by atoms with Crippen LogP contribution < -0.4 is 16.3 Å². The molecule has 8 heteroatoms. The number of carbonyl (C=O) groups is 3. The molecule has 0 aliphatic heterocycles. The Morgan fingerprint density at radius 3 is 1.62 bits per heavy atom. The van der Waals surface area contributed by atoms with Crippen LogP contribution in [-0.2, 0) is 24.1 Å². The van der Waals surface area contributed by atoms with Crippen molar-refractivity contribution < 1.29 is 24.1 Å². The summed E-state index contributed by atoms with van der Waals surface area (Å²) in [5.41, 5.74) is 4.22. The Morgan fingerprint density at radius 1 is 0.759 bits per heavy atom. The molecule has 170 valence electrons. The maximum absolute atomic E-state index is 12.5. The van der Waals surface area contributed by atoms with E-state index in [9.17, 15) is 14.4 Å². The number of hydrogen-bond donors (Lipinski definition) is 3.